The Bertz CT molecular complexity index is 1060. The summed E-state index contributed by atoms with van der Waals surface area (Å²) < 4.78 is 6.57. The number of ether oxygens (including phenoxy) is 1. The highest BCUT2D eigenvalue weighted by Crippen LogP contribution is 2.40. The molecular formula is C19H17N5O4. The molecule has 4 rings (SSSR count). The fourth-order valence-corrected chi connectivity index (χ4v) is 3.39. The molecule has 3 aromatic rings. The number of anilines is 1. The number of benzene rings is 1. The summed E-state index contributed by atoms with van der Waals surface area (Å²) >= 11 is 0. The number of hydrogen-bond acceptors (Lipinski definition) is 6. The monoisotopic (exact) mass is 379 g/mol. The number of hydrogen-bond donors (Lipinski definition) is 2. The van der Waals surface area contributed by atoms with E-state index in [0.717, 1.165) is 16.8 Å². The first-order valence-electron chi connectivity index (χ1n) is 8.58. The quantitative estimate of drug-likeness (QED) is 0.713. The van der Waals surface area contributed by atoms with Gasteiger partial charge in [-0.25, -0.2) is 4.79 Å². The van der Waals surface area contributed by atoms with Crippen molar-refractivity contribution in [2.45, 2.75) is 19.3 Å². The summed E-state index contributed by atoms with van der Waals surface area (Å²) in [5, 5.41) is 24.6. The normalized spacial score (nSPS) is 15.6. The van der Waals surface area contributed by atoms with E-state index in [1.54, 1.807) is 41.1 Å². The molecule has 1 atom stereocenters. The van der Waals surface area contributed by atoms with E-state index in [1.807, 2.05) is 6.92 Å². The lowest BCUT2D eigenvalue weighted by Gasteiger charge is -2.24. The van der Waals surface area contributed by atoms with Crippen LogP contribution >= 0.6 is 0 Å². The summed E-state index contributed by atoms with van der Waals surface area (Å²) in [4.78, 5) is 23.5. The van der Waals surface area contributed by atoms with Crippen LogP contribution < -0.4 is 10.1 Å². The van der Waals surface area contributed by atoms with E-state index >= 15 is 0 Å². The van der Waals surface area contributed by atoms with Crippen LogP contribution in [0.2, 0.25) is 0 Å². The van der Waals surface area contributed by atoms with Gasteiger partial charge < -0.3 is 15.2 Å². The topological polar surface area (TPSA) is 119 Å². The number of aromatic nitrogens is 4. The second-order valence-electron chi connectivity index (χ2n) is 6.43. The number of fused-ring (bicyclic) bond motifs is 1. The van der Waals surface area contributed by atoms with E-state index in [2.05, 4.69) is 20.6 Å². The molecule has 0 saturated heterocycles. The number of amides is 1. The lowest BCUT2D eigenvalue weighted by Crippen LogP contribution is -2.25. The van der Waals surface area contributed by atoms with Gasteiger partial charge in [0.2, 0.25) is 11.8 Å². The molecule has 9 heteroatoms. The van der Waals surface area contributed by atoms with Gasteiger partial charge in [0.15, 0.2) is 5.82 Å². The van der Waals surface area contributed by atoms with Gasteiger partial charge in [0.25, 0.3) is 0 Å². The number of carbonyl (C=O) groups is 2. The highest BCUT2D eigenvalue weighted by molar-refractivity contribution is 5.95. The third kappa shape index (κ3) is 2.96. The summed E-state index contributed by atoms with van der Waals surface area (Å²) in [7, 11) is 1.50. The summed E-state index contributed by atoms with van der Waals surface area (Å²) in [6.45, 7) is 1.86. The molecule has 0 bridgehead atoms. The first-order valence-corrected chi connectivity index (χ1v) is 8.58. The van der Waals surface area contributed by atoms with Crippen LogP contribution in [0.25, 0.3) is 5.82 Å². The first kappa shape index (κ1) is 17.7. The molecule has 0 unspecified atom stereocenters. The molecule has 2 N–H and O–H groups in total. The molecule has 142 valence electrons. The standard InChI is InChI=1S/C19H17N5O4/c1-10-17-13(11-3-5-12(6-4-11)19(26)27)9-15(25)20-18(17)24(23-10)14-7-8-16(28-2)22-21-14/h3-8,13H,9H2,1-2H3,(H,20,25)(H,26,27)/t13-/m0/s1. The van der Waals surface area contributed by atoms with Crippen molar-refractivity contribution in [2.75, 3.05) is 12.4 Å². The minimum Gasteiger partial charge on any atom is -0.480 e. The van der Waals surface area contributed by atoms with Gasteiger partial charge in [-0.15, -0.1) is 10.2 Å². The number of carboxylic acid groups (broad SMARTS) is 1. The van der Waals surface area contributed by atoms with Crippen molar-refractivity contribution < 1.29 is 19.4 Å². The van der Waals surface area contributed by atoms with Crippen molar-refractivity contribution in [3.8, 4) is 11.7 Å². The second-order valence-corrected chi connectivity index (χ2v) is 6.43. The van der Waals surface area contributed by atoms with Crippen LogP contribution in [0.1, 0.15) is 39.5 Å². The predicted octanol–water partition coefficient (Wildman–Crippen LogP) is 2.15. The minimum atomic E-state index is -0.990. The smallest absolute Gasteiger partial charge is 0.335 e. The number of aromatic carboxylic acids is 1. The van der Waals surface area contributed by atoms with E-state index in [1.165, 1.54) is 7.11 Å². The third-order valence-electron chi connectivity index (χ3n) is 4.71. The third-order valence-corrected chi connectivity index (χ3v) is 4.71. The van der Waals surface area contributed by atoms with Crippen molar-refractivity contribution in [3.63, 3.8) is 0 Å². The number of nitrogens with zero attached hydrogens (tertiary/aromatic N) is 4. The molecule has 0 spiro atoms. The highest BCUT2D eigenvalue weighted by Gasteiger charge is 2.33. The average molecular weight is 379 g/mol. The fourth-order valence-electron chi connectivity index (χ4n) is 3.39. The Balaban J connectivity index is 1.79. The molecule has 2 aromatic heterocycles. The van der Waals surface area contributed by atoms with Crippen LogP contribution in [-0.2, 0) is 4.79 Å². The van der Waals surface area contributed by atoms with Crippen molar-refractivity contribution >= 4 is 17.7 Å². The molecule has 0 saturated carbocycles. The average Bonchev–Trinajstić information content (AvgIpc) is 3.03. The van der Waals surface area contributed by atoms with Gasteiger partial charge in [-0.1, -0.05) is 12.1 Å². The number of carbonyl (C=O) groups excluding carboxylic acids is 1. The molecule has 0 radical (unpaired) electrons. The zero-order valence-electron chi connectivity index (χ0n) is 15.2. The molecule has 1 amide bonds. The summed E-state index contributed by atoms with van der Waals surface area (Å²) in [5.74, 6) is -0.000489. The number of methoxy groups -OCH3 is 1. The zero-order chi connectivity index (χ0) is 19.8. The van der Waals surface area contributed by atoms with E-state index in [4.69, 9.17) is 9.84 Å². The van der Waals surface area contributed by atoms with E-state index in [9.17, 15) is 9.59 Å². The molecular weight excluding hydrogens is 362 g/mol. The molecule has 9 nitrogen and oxygen atoms in total. The Kier molecular flexibility index (Phi) is 4.26. The number of nitrogens with one attached hydrogen (secondary N) is 1. The highest BCUT2D eigenvalue weighted by atomic mass is 16.5. The van der Waals surface area contributed by atoms with Gasteiger partial charge in [0, 0.05) is 24.0 Å². The fraction of sp³-hybridized carbons (Fsp3) is 0.211. The van der Waals surface area contributed by atoms with Crippen molar-refractivity contribution in [3.05, 3.63) is 58.8 Å². The van der Waals surface area contributed by atoms with Gasteiger partial charge >= 0.3 is 5.97 Å². The molecule has 1 aliphatic heterocycles. The minimum absolute atomic E-state index is 0.151. The van der Waals surface area contributed by atoms with Crippen LogP contribution in [-0.4, -0.2) is 44.1 Å². The Morgan fingerprint density at radius 1 is 1.21 bits per heavy atom. The largest absolute Gasteiger partial charge is 0.480 e. The van der Waals surface area contributed by atoms with E-state index < -0.39 is 5.97 Å². The Hall–Kier alpha value is -3.75. The van der Waals surface area contributed by atoms with Crippen LogP contribution in [0, 0.1) is 6.92 Å². The summed E-state index contributed by atoms with van der Waals surface area (Å²) in [6, 6.07) is 9.92. The lowest BCUT2D eigenvalue weighted by molar-refractivity contribution is -0.116. The lowest BCUT2D eigenvalue weighted by atomic mass is 9.85. The van der Waals surface area contributed by atoms with Crippen LogP contribution in [0.5, 0.6) is 5.88 Å². The number of rotatable bonds is 4. The molecule has 0 aliphatic carbocycles. The van der Waals surface area contributed by atoms with Gasteiger partial charge in [0.1, 0.15) is 5.82 Å². The van der Waals surface area contributed by atoms with Crippen LogP contribution in [0.15, 0.2) is 36.4 Å². The van der Waals surface area contributed by atoms with Gasteiger partial charge in [-0.3, -0.25) is 4.79 Å². The second kappa shape index (κ2) is 6.76. The maximum Gasteiger partial charge on any atom is 0.335 e. The van der Waals surface area contributed by atoms with Crippen molar-refractivity contribution in [1.29, 1.82) is 0 Å². The SMILES string of the molecule is COc1ccc(-n2nc(C)c3c2NC(=O)C[C@H]3c2ccc(C(=O)O)cc2)nn1. The molecule has 3 heterocycles. The summed E-state index contributed by atoms with van der Waals surface area (Å²) in [6.07, 6.45) is 0.250. The number of carboxylic acids is 1. The van der Waals surface area contributed by atoms with Crippen molar-refractivity contribution in [2.24, 2.45) is 0 Å². The van der Waals surface area contributed by atoms with Crippen molar-refractivity contribution in [1.82, 2.24) is 20.0 Å². The Morgan fingerprint density at radius 2 is 1.96 bits per heavy atom. The Labute approximate surface area is 160 Å². The van der Waals surface area contributed by atoms with Crippen LogP contribution in [0.3, 0.4) is 0 Å². The van der Waals surface area contributed by atoms with Gasteiger partial charge in [-0.05, 0) is 30.7 Å². The predicted molar refractivity (Wildman–Crippen MR) is 98.9 cm³/mol. The number of aryl methyl sites for hydroxylation is 1. The van der Waals surface area contributed by atoms with Gasteiger partial charge in [0.05, 0.1) is 18.4 Å². The molecule has 1 aliphatic rings. The Morgan fingerprint density at radius 3 is 2.57 bits per heavy atom. The maximum atomic E-state index is 12.4. The van der Waals surface area contributed by atoms with E-state index in [0.29, 0.717) is 17.5 Å². The van der Waals surface area contributed by atoms with Gasteiger partial charge in [-0.2, -0.15) is 9.78 Å². The molecule has 1 aromatic carbocycles. The maximum absolute atomic E-state index is 12.4. The summed E-state index contributed by atoms with van der Waals surface area (Å²) in [5.41, 5.74) is 2.68. The first-order chi connectivity index (χ1) is 13.5. The molecule has 28 heavy (non-hydrogen) atoms. The van der Waals surface area contributed by atoms with Crippen LogP contribution in [0.4, 0.5) is 5.82 Å². The van der Waals surface area contributed by atoms with E-state index in [-0.39, 0.29) is 23.8 Å². The zero-order valence-corrected chi connectivity index (χ0v) is 15.2. The molecule has 0 fully saturated rings.